The Hall–Kier alpha value is -0.860. The second-order valence-corrected chi connectivity index (χ2v) is 7.58. The Morgan fingerprint density at radius 2 is 2.09 bits per heavy atom. The van der Waals surface area contributed by atoms with Gasteiger partial charge in [0.05, 0.1) is 34.9 Å². The van der Waals surface area contributed by atoms with E-state index in [0.717, 1.165) is 6.26 Å². The van der Waals surface area contributed by atoms with E-state index in [9.17, 15) is 13.2 Å². The Bertz CT molecular complexity index is 666. The molecule has 2 atom stereocenters. The molecular weight excluding hydrogens is 351 g/mol. The first kappa shape index (κ1) is 17.5. The van der Waals surface area contributed by atoms with Crippen LogP contribution in [0.15, 0.2) is 18.2 Å². The Labute approximate surface area is 139 Å². The molecule has 2 N–H and O–H groups in total. The van der Waals surface area contributed by atoms with Gasteiger partial charge in [-0.2, -0.15) is 0 Å². The number of rotatable bonds is 3. The smallest absolute Gasteiger partial charge is 0.240 e. The van der Waals surface area contributed by atoms with Crippen LogP contribution in [0.2, 0.25) is 10.0 Å². The van der Waals surface area contributed by atoms with Crippen molar-refractivity contribution in [3.05, 3.63) is 33.8 Å². The normalized spacial score (nSPS) is 22.9. The van der Waals surface area contributed by atoms with Crippen molar-refractivity contribution in [2.45, 2.75) is 6.10 Å². The van der Waals surface area contributed by atoms with Gasteiger partial charge < -0.3 is 10.1 Å². The number of amides is 1. The van der Waals surface area contributed by atoms with E-state index in [1.165, 1.54) is 0 Å². The zero-order valence-corrected chi connectivity index (χ0v) is 14.1. The van der Waals surface area contributed by atoms with Crippen LogP contribution in [-0.4, -0.2) is 40.3 Å². The zero-order chi connectivity index (χ0) is 16.3. The van der Waals surface area contributed by atoms with Crippen molar-refractivity contribution in [1.29, 1.82) is 0 Å². The minimum atomic E-state index is -3.64. The summed E-state index contributed by atoms with van der Waals surface area (Å²) in [6.07, 6.45) is 0.329. The van der Waals surface area contributed by atoms with Crippen LogP contribution in [0.5, 0.6) is 0 Å². The van der Waals surface area contributed by atoms with Crippen LogP contribution in [-0.2, 0) is 19.6 Å². The maximum absolute atomic E-state index is 12.2. The first-order valence-electron chi connectivity index (χ1n) is 6.57. The van der Waals surface area contributed by atoms with Gasteiger partial charge in [0, 0.05) is 13.1 Å². The molecule has 1 aromatic carbocycles. The number of hydrogen-bond donors (Lipinski definition) is 2. The Balaban J connectivity index is 2.31. The van der Waals surface area contributed by atoms with Crippen LogP contribution in [0.1, 0.15) is 11.7 Å². The van der Waals surface area contributed by atoms with E-state index in [-0.39, 0.29) is 0 Å². The van der Waals surface area contributed by atoms with E-state index in [0.29, 0.717) is 35.3 Å². The molecule has 22 heavy (non-hydrogen) atoms. The lowest BCUT2D eigenvalue weighted by molar-refractivity contribution is -0.127. The molecular formula is C13H16Cl2N2O4S. The predicted molar refractivity (Wildman–Crippen MR) is 84.5 cm³/mol. The molecule has 0 bridgehead atoms. The van der Waals surface area contributed by atoms with Crippen LogP contribution in [0.25, 0.3) is 0 Å². The van der Waals surface area contributed by atoms with Gasteiger partial charge >= 0.3 is 0 Å². The van der Waals surface area contributed by atoms with Crippen molar-refractivity contribution in [2.24, 2.45) is 5.92 Å². The third-order valence-corrected chi connectivity index (χ3v) is 4.51. The molecule has 0 saturated carbocycles. The van der Waals surface area contributed by atoms with Crippen molar-refractivity contribution < 1.29 is 17.9 Å². The Kier molecular flexibility index (Phi) is 5.68. The summed E-state index contributed by atoms with van der Waals surface area (Å²) in [6, 6.07) is 4.96. The summed E-state index contributed by atoms with van der Waals surface area (Å²) in [6.45, 7) is 1.26. The fourth-order valence-electron chi connectivity index (χ4n) is 2.25. The van der Waals surface area contributed by atoms with Crippen molar-refractivity contribution in [2.75, 3.05) is 26.0 Å². The van der Waals surface area contributed by atoms with E-state index in [4.69, 9.17) is 27.9 Å². The maximum Gasteiger partial charge on any atom is 0.240 e. The van der Waals surface area contributed by atoms with Gasteiger partial charge in [0.25, 0.3) is 0 Å². The standard InChI is InChI=1S/C13H16Cl2N2O4S/c1-22(19,20)17-13(18)9-7-16-4-5-21-12(9)8-2-3-10(14)11(15)6-8/h2-3,6,9,12,16H,4-5,7H2,1H3,(H,17,18). The number of hydrogen-bond acceptors (Lipinski definition) is 5. The highest BCUT2D eigenvalue weighted by Crippen LogP contribution is 2.32. The fraction of sp³-hybridized carbons (Fsp3) is 0.462. The minimum Gasteiger partial charge on any atom is -0.371 e. The second kappa shape index (κ2) is 7.14. The quantitative estimate of drug-likeness (QED) is 0.843. The topological polar surface area (TPSA) is 84.5 Å². The lowest BCUT2D eigenvalue weighted by Crippen LogP contribution is -2.41. The van der Waals surface area contributed by atoms with Crippen LogP contribution >= 0.6 is 23.2 Å². The molecule has 1 heterocycles. The average molecular weight is 367 g/mol. The molecule has 0 aromatic heterocycles. The van der Waals surface area contributed by atoms with Gasteiger partial charge in [0.15, 0.2) is 0 Å². The lowest BCUT2D eigenvalue weighted by Gasteiger charge is -2.24. The number of halogens is 2. The van der Waals surface area contributed by atoms with Gasteiger partial charge in [-0.25, -0.2) is 8.42 Å². The Morgan fingerprint density at radius 1 is 1.36 bits per heavy atom. The summed E-state index contributed by atoms with van der Waals surface area (Å²) < 4.78 is 30.3. The van der Waals surface area contributed by atoms with E-state index >= 15 is 0 Å². The van der Waals surface area contributed by atoms with Gasteiger partial charge in [-0.3, -0.25) is 9.52 Å². The van der Waals surface area contributed by atoms with Crippen molar-refractivity contribution in [3.8, 4) is 0 Å². The van der Waals surface area contributed by atoms with Gasteiger partial charge in [-0.1, -0.05) is 29.3 Å². The molecule has 0 aliphatic carbocycles. The summed E-state index contributed by atoms with van der Waals surface area (Å²) in [4.78, 5) is 12.2. The zero-order valence-electron chi connectivity index (χ0n) is 11.8. The monoisotopic (exact) mass is 366 g/mol. The van der Waals surface area contributed by atoms with Crippen molar-refractivity contribution in [1.82, 2.24) is 10.0 Å². The van der Waals surface area contributed by atoms with Gasteiger partial charge in [-0.15, -0.1) is 0 Å². The highest BCUT2D eigenvalue weighted by molar-refractivity contribution is 7.89. The summed E-state index contributed by atoms with van der Waals surface area (Å²) in [5.41, 5.74) is 0.673. The van der Waals surface area contributed by atoms with E-state index in [1.54, 1.807) is 18.2 Å². The van der Waals surface area contributed by atoms with E-state index in [1.807, 2.05) is 4.72 Å². The molecule has 1 aliphatic heterocycles. The molecule has 1 amide bonds. The number of carbonyl (C=O) groups is 1. The summed E-state index contributed by atoms with van der Waals surface area (Å²) in [7, 11) is -3.64. The van der Waals surface area contributed by atoms with Gasteiger partial charge in [0.1, 0.15) is 0 Å². The third kappa shape index (κ3) is 4.57. The average Bonchev–Trinajstić information content (AvgIpc) is 2.65. The number of ether oxygens (including phenoxy) is 1. The summed E-state index contributed by atoms with van der Waals surface area (Å²) in [5, 5.41) is 3.80. The predicted octanol–water partition coefficient (Wildman–Crippen LogP) is 1.35. The largest absolute Gasteiger partial charge is 0.371 e. The van der Waals surface area contributed by atoms with Gasteiger partial charge in [0.2, 0.25) is 15.9 Å². The number of benzene rings is 1. The fourth-order valence-corrected chi connectivity index (χ4v) is 3.07. The van der Waals surface area contributed by atoms with Crippen molar-refractivity contribution in [3.63, 3.8) is 0 Å². The molecule has 1 saturated heterocycles. The van der Waals surface area contributed by atoms with Crippen LogP contribution in [0.3, 0.4) is 0 Å². The van der Waals surface area contributed by atoms with E-state index in [2.05, 4.69) is 5.32 Å². The first-order chi connectivity index (χ1) is 10.3. The molecule has 122 valence electrons. The Morgan fingerprint density at radius 3 is 2.73 bits per heavy atom. The molecule has 1 aliphatic rings. The molecule has 2 rings (SSSR count). The highest BCUT2D eigenvalue weighted by atomic mass is 35.5. The van der Waals surface area contributed by atoms with Crippen LogP contribution in [0.4, 0.5) is 0 Å². The number of carbonyl (C=O) groups excluding carboxylic acids is 1. The molecule has 2 unspecified atom stereocenters. The van der Waals surface area contributed by atoms with Crippen LogP contribution < -0.4 is 10.0 Å². The SMILES string of the molecule is CS(=O)(=O)NC(=O)C1CNCCOC1c1ccc(Cl)c(Cl)c1. The molecule has 1 fully saturated rings. The molecule has 0 radical (unpaired) electrons. The van der Waals surface area contributed by atoms with E-state index < -0.39 is 28.0 Å². The molecule has 6 nitrogen and oxygen atoms in total. The molecule has 1 aromatic rings. The van der Waals surface area contributed by atoms with Gasteiger partial charge in [-0.05, 0) is 17.7 Å². The molecule has 0 spiro atoms. The number of sulfonamides is 1. The second-order valence-electron chi connectivity index (χ2n) is 5.01. The lowest BCUT2D eigenvalue weighted by atomic mass is 9.95. The summed E-state index contributed by atoms with van der Waals surface area (Å²) >= 11 is 11.9. The van der Waals surface area contributed by atoms with Crippen LogP contribution in [0, 0.1) is 5.92 Å². The first-order valence-corrected chi connectivity index (χ1v) is 9.21. The molecule has 9 heteroatoms. The summed E-state index contributed by atoms with van der Waals surface area (Å²) in [5.74, 6) is -1.32. The maximum atomic E-state index is 12.2. The number of nitrogens with one attached hydrogen (secondary N) is 2. The van der Waals surface area contributed by atoms with Crippen molar-refractivity contribution >= 4 is 39.1 Å². The third-order valence-electron chi connectivity index (χ3n) is 3.20. The highest BCUT2D eigenvalue weighted by Gasteiger charge is 2.33. The minimum absolute atomic E-state index is 0.298.